The first-order chi connectivity index (χ1) is 4.87. The van der Waals surface area contributed by atoms with Gasteiger partial charge in [0.2, 0.25) is 0 Å². The molecular weight excluding hydrogens is 129 g/mol. The van der Waals surface area contributed by atoms with Crippen LogP contribution in [0.4, 0.5) is 4.39 Å². The third-order valence-electron chi connectivity index (χ3n) is 3.27. The Balaban J connectivity index is 2.05. The van der Waals surface area contributed by atoms with Crippen molar-refractivity contribution in [3.05, 3.63) is 0 Å². The van der Waals surface area contributed by atoms with Crippen LogP contribution >= 0.6 is 0 Å². The van der Waals surface area contributed by atoms with E-state index in [-0.39, 0.29) is 6.67 Å². The van der Waals surface area contributed by atoms with Crippen LogP contribution in [-0.2, 0) is 0 Å². The summed E-state index contributed by atoms with van der Waals surface area (Å²) in [5.74, 6) is 0.334. The molecule has 0 aromatic heterocycles. The minimum Gasteiger partial charge on any atom is -0.316 e. The zero-order valence-electron chi connectivity index (χ0n) is 6.20. The van der Waals surface area contributed by atoms with Crippen LogP contribution in [0.5, 0.6) is 0 Å². The van der Waals surface area contributed by atoms with E-state index in [0.29, 0.717) is 11.3 Å². The topological polar surface area (TPSA) is 12.0 Å². The predicted molar refractivity (Wildman–Crippen MR) is 38.6 cm³/mol. The van der Waals surface area contributed by atoms with Crippen molar-refractivity contribution in [3.63, 3.8) is 0 Å². The normalized spacial score (nSPS) is 36.3. The molecule has 1 atom stereocenters. The van der Waals surface area contributed by atoms with Gasteiger partial charge in [-0.2, -0.15) is 0 Å². The quantitative estimate of drug-likeness (QED) is 0.584. The standard InChI is InChI=1S/C8H14FN/c9-4-7-5-10-6-8(7)2-1-3-8/h7,10H,1-6H2. The highest BCUT2D eigenvalue weighted by Crippen LogP contribution is 2.49. The fraction of sp³-hybridized carbons (Fsp3) is 1.00. The van der Waals surface area contributed by atoms with E-state index in [0.717, 1.165) is 13.1 Å². The highest BCUT2D eigenvalue weighted by molar-refractivity contribution is 4.99. The summed E-state index contributed by atoms with van der Waals surface area (Å²) in [6, 6.07) is 0. The fourth-order valence-corrected chi connectivity index (χ4v) is 2.29. The van der Waals surface area contributed by atoms with Gasteiger partial charge in [0.15, 0.2) is 0 Å². The highest BCUT2D eigenvalue weighted by atomic mass is 19.1. The summed E-state index contributed by atoms with van der Waals surface area (Å²) in [4.78, 5) is 0. The van der Waals surface area contributed by atoms with Gasteiger partial charge >= 0.3 is 0 Å². The molecule has 10 heavy (non-hydrogen) atoms. The summed E-state index contributed by atoms with van der Waals surface area (Å²) in [5.41, 5.74) is 0.398. The molecule has 1 saturated carbocycles. The molecule has 1 saturated heterocycles. The Hall–Kier alpha value is -0.110. The van der Waals surface area contributed by atoms with E-state index in [1.165, 1.54) is 19.3 Å². The van der Waals surface area contributed by atoms with Gasteiger partial charge in [0.1, 0.15) is 0 Å². The van der Waals surface area contributed by atoms with E-state index >= 15 is 0 Å². The van der Waals surface area contributed by atoms with Crippen LogP contribution in [0.1, 0.15) is 19.3 Å². The lowest BCUT2D eigenvalue weighted by Gasteiger charge is -2.41. The van der Waals surface area contributed by atoms with E-state index in [9.17, 15) is 4.39 Å². The molecular formula is C8H14FN. The summed E-state index contributed by atoms with van der Waals surface area (Å²) in [6.45, 7) is 1.87. The van der Waals surface area contributed by atoms with Gasteiger partial charge in [-0.1, -0.05) is 6.42 Å². The zero-order valence-corrected chi connectivity index (χ0v) is 6.20. The lowest BCUT2D eigenvalue weighted by atomic mass is 9.63. The molecule has 0 amide bonds. The number of halogens is 1. The Labute approximate surface area is 61.0 Å². The summed E-state index contributed by atoms with van der Waals surface area (Å²) >= 11 is 0. The number of hydrogen-bond acceptors (Lipinski definition) is 1. The van der Waals surface area contributed by atoms with E-state index in [1.807, 2.05) is 0 Å². The summed E-state index contributed by atoms with van der Waals surface area (Å²) in [5, 5.41) is 3.28. The number of alkyl halides is 1. The summed E-state index contributed by atoms with van der Waals surface area (Å²) in [6.07, 6.45) is 3.83. The third-order valence-corrected chi connectivity index (χ3v) is 3.27. The Morgan fingerprint density at radius 2 is 2.30 bits per heavy atom. The van der Waals surface area contributed by atoms with Crippen molar-refractivity contribution in [2.24, 2.45) is 11.3 Å². The molecule has 1 aliphatic heterocycles. The van der Waals surface area contributed by atoms with Gasteiger partial charge in [0.25, 0.3) is 0 Å². The van der Waals surface area contributed by atoms with E-state index in [2.05, 4.69) is 5.32 Å². The molecule has 2 heteroatoms. The zero-order chi connectivity index (χ0) is 7.03. The van der Waals surface area contributed by atoms with Crippen molar-refractivity contribution in [1.29, 1.82) is 0 Å². The number of hydrogen-bond donors (Lipinski definition) is 1. The van der Waals surface area contributed by atoms with Gasteiger partial charge < -0.3 is 5.32 Å². The lowest BCUT2D eigenvalue weighted by molar-refractivity contribution is 0.0811. The monoisotopic (exact) mass is 143 g/mol. The maximum atomic E-state index is 12.4. The summed E-state index contributed by atoms with van der Waals surface area (Å²) in [7, 11) is 0. The molecule has 1 aliphatic carbocycles. The molecule has 0 aromatic rings. The van der Waals surface area contributed by atoms with Gasteiger partial charge in [-0.3, -0.25) is 4.39 Å². The number of rotatable bonds is 1. The van der Waals surface area contributed by atoms with Crippen molar-refractivity contribution in [2.45, 2.75) is 19.3 Å². The molecule has 58 valence electrons. The first kappa shape index (κ1) is 6.59. The SMILES string of the molecule is FCC1CNCC12CCC2. The average molecular weight is 143 g/mol. The Morgan fingerprint density at radius 3 is 2.70 bits per heavy atom. The highest BCUT2D eigenvalue weighted by Gasteiger charge is 2.46. The van der Waals surface area contributed by atoms with Crippen molar-refractivity contribution in [1.82, 2.24) is 5.32 Å². The molecule has 0 bridgehead atoms. The second-order valence-electron chi connectivity index (χ2n) is 3.70. The van der Waals surface area contributed by atoms with Crippen LogP contribution in [0.3, 0.4) is 0 Å². The minimum absolute atomic E-state index is 0.118. The van der Waals surface area contributed by atoms with E-state index in [1.54, 1.807) is 0 Å². The first-order valence-corrected chi connectivity index (χ1v) is 4.14. The predicted octanol–water partition coefficient (Wildman–Crippen LogP) is 1.35. The second-order valence-corrected chi connectivity index (χ2v) is 3.70. The van der Waals surface area contributed by atoms with Crippen LogP contribution < -0.4 is 5.32 Å². The van der Waals surface area contributed by atoms with Gasteiger partial charge in [-0.05, 0) is 18.3 Å². The van der Waals surface area contributed by atoms with E-state index < -0.39 is 0 Å². The van der Waals surface area contributed by atoms with Crippen molar-refractivity contribution >= 4 is 0 Å². The van der Waals surface area contributed by atoms with E-state index in [4.69, 9.17) is 0 Å². The molecule has 1 N–H and O–H groups in total. The molecule has 1 unspecified atom stereocenters. The molecule has 1 heterocycles. The Morgan fingerprint density at radius 1 is 1.50 bits per heavy atom. The lowest BCUT2D eigenvalue weighted by Crippen LogP contribution is -2.37. The van der Waals surface area contributed by atoms with Gasteiger partial charge in [-0.25, -0.2) is 0 Å². The molecule has 2 rings (SSSR count). The van der Waals surface area contributed by atoms with Crippen LogP contribution in [0.15, 0.2) is 0 Å². The van der Waals surface area contributed by atoms with Crippen LogP contribution in [0.2, 0.25) is 0 Å². The van der Waals surface area contributed by atoms with Crippen molar-refractivity contribution in [3.8, 4) is 0 Å². The minimum atomic E-state index is -0.118. The smallest absolute Gasteiger partial charge is 0.0940 e. The summed E-state index contributed by atoms with van der Waals surface area (Å²) < 4.78 is 12.4. The molecule has 1 spiro atoms. The van der Waals surface area contributed by atoms with Crippen LogP contribution in [0, 0.1) is 11.3 Å². The molecule has 0 radical (unpaired) electrons. The maximum absolute atomic E-state index is 12.4. The largest absolute Gasteiger partial charge is 0.316 e. The van der Waals surface area contributed by atoms with Crippen molar-refractivity contribution < 1.29 is 4.39 Å². The molecule has 0 aromatic carbocycles. The number of nitrogens with one attached hydrogen (secondary N) is 1. The average Bonchev–Trinajstić information content (AvgIpc) is 2.27. The molecule has 2 aliphatic rings. The Bertz CT molecular complexity index is 131. The fourth-order valence-electron chi connectivity index (χ4n) is 2.29. The Kier molecular flexibility index (Phi) is 1.44. The molecule has 1 nitrogen and oxygen atoms in total. The first-order valence-electron chi connectivity index (χ1n) is 4.14. The van der Waals surface area contributed by atoms with Crippen molar-refractivity contribution in [2.75, 3.05) is 19.8 Å². The second kappa shape index (κ2) is 2.19. The van der Waals surface area contributed by atoms with Gasteiger partial charge in [0.05, 0.1) is 6.67 Å². The van der Waals surface area contributed by atoms with Gasteiger partial charge in [-0.15, -0.1) is 0 Å². The van der Waals surface area contributed by atoms with Gasteiger partial charge in [0, 0.05) is 19.0 Å². The van der Waals surface area contributed by atoms with Crippen LogP contribution in [-0.4, -0.2) is 19.8 Å². The molecule has 2 fully saturated rings. The third kappa shape index (κ3) is 0.715. The maximum Gasteiger partial charge on any atom is 0.0940 e. The van der Waals surface area contributed by atoms with Crippen LogP contribution in [0.25, 0.3) is 0 Å².